The van der Waals surface area contributed by atoms with Gasteiger partial charge in [-0.25, -0.2) is 0 Å². The molecule has 1 aromatic carbocycles. The van der Waals surface area contributed by atoms with E-state index in [0.29, 0.717) is 18.8 Å². The Balaban J connectivity index is 2.61. The Morgan fingerprint density at radius 3 is 2.83 bits per heavy atom. The van der Waals surface area contributed by atoms with Crippen LogP contribution in [0, 0.1) is 0 Å². The number of nitrogens with two attached hydrogens (primary N) is 1. The van der Waals surface area contributed by atoms with Crippen molar-refractivity contribution in [3.63, 3.8) is 0 Å². The molecule has 0 heterocycles. The molecule has 0 radical (unpaired) electrons. The van der Waals surface area contributed by atoms with Gasteiger partial charge in [0.2, 0.25) is 0 Å². The first-order valence-corrected chi connectivity index (χ1v) is 5.96. The normalized spacial score (nSPS) is 11.8. The number of rotatable bonds is 6. The van der Waals surface area contributed by atoms with Gasteiger partial charge in [-0.3, -0.25) is 4.79 Å². The molecule has 0 saturated carbocycles. The van der Waals surface area contributed by atoms with Crippen LogP contribution in [-0.2, 0) is 4.79 Å². The number of carbonyl (C=O) groups is 1. The fourth-order valence-electron chi connectivity index (χ4n) is 1.43. The monoisotopic (exact) mass is 251 g/mol. The van der Waals surface area contributed by atoms with E-state index in [1.165, 1.54) is 0 Å². The largest absolute Gasteiger partial charge is 0.481 e. The van der Waals surface area contributed by atoms with Crippen molar-refractivity contribution in [2.24, 2.45) is 5.73 Å². The molecular formula is C13H21N3O2. The summed E-state index contributed by atoms with van der Waals surface area (Å²) in [7, 11) is 3.91. The highest BCUT2D eigenvalue weighted by Gasteiger charge is 2.13. The Bertz CT molecular complexity index is 394. The highest BCUT2D eigenvalue weighted by atomic mass is 16.5. The number of ether oxygens (including phenoxy) is 1. The molecule has 1 aromatic rings. The van der Waals surface area contributed by atoms with Crippen molar-refractivity contribution in [2.45, 2.75) is 13.0 Å². The van der Waals surface area contributed by atoms with E-state index in [9.17, 15) is 4.79 Å². The minimum absolute atomic E-state index is 0.157. The van der Waals surface area contributed by atoms with Gasteiger partial charge in [0, 0.05) is 38.9 Å². The fourth-order valence-corrected chi connectivity index (χ4v) is 1.43. The summed E-state index contributed by atoms with van der Waals surface area (Å²) >= 11 is 0. The summed E-state index contributed by atoms with van der Waals surface area (Å²) in [5.74, 6) is 0.521. The van der Waals surface area contributed by atoms with E-state index < -0.39 is 6.10 Å². The Kier molecular flexibility index (Phi) is 5.45. The summed E-state index contributed by atoms with van der Waals surface area (Å²) < 4.78 is 5.58. The van der Waals surface area contributed by atoms with Gasteiger partial charge < -0.3 is 20.7 Å². The molecule has 0 spiro atoms. The zero-order valence-electron chi connectivity index (χ0n) is 11.1. The van der Waals surface area contributed by atoms with Crippen molar-refractivity contribution in [1.82, 2.24) is 5.32 Å². The molecule has 1 amide bonds. The lowest BCUT2D eigenvalue weighted by atomic mass is 10.3. The molecule has 1 atom stereocenters. The first-order valence-electron chi connectivity index (χ1n) is 5.96. The number of benzene rings is 1. The second kappa shape index (κ2) is 6.86. The third-order valence-electron chi connectivity index (χ3n) is 2.46. The van der Waals surface area contributed by atoms with Crippen LogP contribution in [0.4, 0.5) is 5.69 Å². The number of anilines is 1. The lowest BCUT2D eigenvalue weighted by Crippen LogP contribution is -2.38. The number of amides is 1. The van der Waals surface area contributed by atoms with Gasteiger partial charge in [-0.2, -0.15) is 0 Å². The van der Waals surface area contributed by atoms with Crippen LogP contribution in [0.2, 0.25) is 0 Å². The van der Waals surface area contributed by atoms with E-state index in [-0.39, 0.29) is 5.91 Å². The van der Waals surface area contributed by atoms with Gasteiger partial charge >= 0.3 is 0 Å². The highest BCUT2D eigenvalue weighted by molar-refractivity contribution is 5.80. The summed E-state index contributed by atoms with van der Waals surface area (Å²) in [5.41, 5.74) is 6.35. The second-order valence-corrected chi connectivity index (χ2v) is 4.23. The van der Waals surface area contributed by atoms with E-state index in [1.807, 2.05) is 43.3 Å². The van der Waals surface area contributed by atoms with Crippen molar-refractivity contribution >= 4 is 11.6 Å². The molecular weight excluding hydrogens is 230 g/mol. The minimum Gasteiger partial charge on any atom is -0.481 e. The van der Waals surface area contributed by atoms with E-state index in [4.69, 9.17) is 10.5 Å². The Hall–Kier alpha value is -1.75. The van der Waals surface area contributed by atoms with Crippen molar-refractivity contribution in [1.29, 1.82) is 0 Å². The van der Waals surface area contributed by atoms with E-state index in [1.54, 1.807) is 6.92 Å². The van der Waals surface area contributed by atoms with Crippen LogP contribution < -0.4 is 20.7 Å². The first kappa shape index (κ1) is 14.3. The van der Waals surface area contributed by atoms with Crippen molar-refractivity contribution < 1.29 is 9.53 Å². The predicted octanol–water partition coefficient (Wildman–Crippen LogP) is 0.595. The molecule has 0 aliphatic heterocycles. The van der Waals surface area contributed by atoms with Gasteiger partial charge in [-0.1, -0.05) is 6.07 Å². The predicted molar refractivity (Wildman–Crippen MR) is 72.9 cm³/mol. The maximum atomic E-state index is 11.6. The molecule has 18 heavy (non-hydrogen) atoms. The van der Waals surface area contributed by atoms with Crippen molar-refractivity contribution in [3.05, 3.63) is 24.3 Å². The first-order chi connectivity index (χ1) is 8.54. The van der Waals surface area contributed by atoms with Gasteiger partial charge in [0.25, 0.3) is 5.91 Å². The number of carbonyl (C=O) groups excluding carboxylic acids is 1. The Morgan fingerprint density at radius 1 is 1.50 bits per heavy atom. The standard InChI is InChI=1S/C13H21N3O2/c1-10(13(17)15-8-7-14)18-12-6-4-5-11(9-12)16(2)3/h4-6,9-10H,7-8,14H2,1-3H3,(H,15,17). The molecule has 5 heteroatoms. The Morgan fingerprint density at radius 2 is 2.22 bits per heavy atom. The summed E-state index contributed by atoms with van der Waals surface area (Å²) in [4.78, 5) is 13.6. The summed E-state index contributed by atoms with van der Waals surface area (Å²) in [6, 6.07) is 7.60. The second-order valence-electron chi connectivity index (χ2n) is 4.23. The third kappa shape index (κ3) is 4.25. The molecule has 100 valence electrons. The number of hydrogen-bond acceptors (Lipinski definition) is 4. The quantitative estimate of drug-likeness (QED) is 0.776. The van der Waals surface area contributed by atoms with Gasteiger partial charge in [0.1, 0.15) is 5.75 Å². The average Bonchev–Trinajstić information content (AvgIpc) is 2.36. The van der Waals surface area contributed by atoms with Crippen LogP contribution in [-0.4, -0.2) is 39.2 Å². The minimum atomic E-state index is -0.533. The molecule has 1 unspecified atom stereocenters. The van der Waals surface area contributed by atoms with E-state index in [2.05, 4.69) is 5.32 Å². The number of nitrogens with one attached hydrogen (secondary N) is 1. The maximum Gasteiger partial charge on any atom is 0.260 e. The van der Waals surface area contributed by atoms with E-state index in [0.717, 1.165) is 5.69 Å². The van der Waals surface area contributed by atoms with Crippen LogP contribution in [0.3, 0.4) is 0 Å². The summed E-state index contributed by atoms with van der Waals surface area (Å²) in [5, 5.41) is 2.69. The van der Waals surface area contributed by atoms with Gasteiger partial charge in [-0.15, -0.1) is 0 Å². The molecule has 5 nitrogen and oxygen atoms in total. The molecule has 0 aliphatic rings. The van der Waals surface area contributed by atoms with Crippen LogP contribution >= 0.6 is 0 Å². The number of hydrogen-bond donors (Lipinski definition) is 2. The van der Waals surface area contributed by atoms with Gasteiger partial charge in [-0.05, 0) is 19.1 Å². The summed E-state index contributed by atoms with van der Waals surface area (Å²) in [6.07, 6.45) is -0.533. The van der Waals surface area contributed by atoms with Crippen LogP contribution in [0.15, 0.2) is 24.3 Å². The van der Waals surface area contributed by atoms with Crippen LogP contribution in [0.25, 0.3) is 0 Å². The van der Waals surface area contributed by atoms with Crippen LogP contribution in [0.1, 0.15) is 6.92 Å². The number of nitrogens with zero attached hydrogens (tertiary/aromatic N) is 1. The topological polar surface area (TPSA) is 67.6 Å². The lowest BCUT2D eigenvalue weighted by Gasteiger charge is -2.17. The average molecular weight is 251 g/mol. The zero-order chi connectivity index (χ0) is 13.5. The van der Waals surface area contributed by atoms with Crippen molar-refractivity contribution in [2.75, 3.05) is 32.1 Å². The molecule has 0 saturated heterocycles. The molecule has 0 aromatic heterocycles. The van der Waals surface area contributed by atoms with Gasteiger partial charge in [0.15, 0.2) is 6.10 Å². The maximum absolute atomic E-state index is 11.6. The molecule has 0 fully saturated rings. The van der Waals surface area contributed by atoms with Gasteiger partial charge in [0.05, 0.1) is 0 Å². The third-order valence-corrected chi connectivity index (χ3v) is 2.46. The van der Waals surface area contributed by atoms with E-state index >= 15 is 0 Å². The molecule has 0 aliphatic carbocycles. The molecule has 1 rings (SSSR count). The lowest BCUT2D eigenvalue weighted by molar-refractivity contribution is -0.127. The highest BCUT2D eigenvalue weighted by Crippen LogP contribution is 2.20. The summed E-state index contributed by atoms with van der Waals surface area (Å²) in [6.45, 7) is 2.60. The van der Waals surface area contributed by atoms with Crippen molar-refractivity contribution in [3.8, 4) is 5.75 Å². The molecule has 3 N–H and O–H groups in total. The smallest absolute Gasteiger partial charge is 0.260 e. The fraction of sp³-hybridized carbons (Fsp3) is 0.462. The Labute approximate surface area is 108 Å². The SMILES string of the molecule is CC(Oc1cccc(N(C)C)c1)C(=O)NCCN. The molecule has 0 bridgehead atoms. The van der Waals surface area contributed by atoms with Crippen LogP contribution in [0.5, 0.6) is 5.75 Å². The zero-order valence-corrected chi connectivity index (χ0v) is 11.1.